The number of aliphatic hydroxyl groups excluding tert-OH is 1. The fourth-order valence-corrected chi connectivity index (χ4v) is 2.74. The standard InChI is InChI=1S/C16H22N4O2/c1-12(21)15-4-2-3-5-16(15)22-11-13-10-20(19-18-13)14-6-8-17-9-7-14/h2-5,10,12,14,17,21H,6-9,11H2,1H3. The molecule has 0 radical (unpaired) electrons. The number of aromatic nitrogens is 3. The quantitative estimate of drug-likeness (QED) is 0.881. The van der Waals surface area contributed by atoms with Crippen molar-refractivity contribution in [3.8, 4) is 5.75 Å². The molecule has 1 aliphatic rings. The molecular formula is C16H22N4O2. The Morgan fingerprint density at radius 2 is 2.14 bits per heavy atom. The van der Waals surface area contributed by atoms with Gasteiger partial charge in [0, 0.05) is 5.56 Å². The van der Waals surface area contributed by atoms with Gasteiger partial charge in [-0.2, -0.15) is 0 Å². The molecule has 0 saturated carbocycles. The van der Waals surface area contributed by atoms with Gasteiger partial charge in [-0.05, 0) is 38.9 Å². The van der Waals surface area contributed by atoms with Crippen molar-refractivity contribution in [3.05, 3.63) is 41.7 Å². The van der Waals surface area contributed by atoms with Gasteiger partial charge in [0.05, 0.1) is 18.3 Å². The largest absolute Gasteiger partial charge is 0.487 e. The lowest BCUT2D eigenvalue weighted by Crippen LogP contribution is -2.29. The summed E-state index contributed by atoms with van der Waals surface area (Å²) in [6.07, 6.45) is 3.56. The van der Waals surface area contributed by atoms with Crippen LogP contribution >= 0.6 is 0 Å². The molecule has 1 aliphatic heterocycles. The van der Waals surface area contributed by atoms with Crippen LogP contribution in [0.3, 0.4) is 0 Å². The molecule has 6 nitrogen and oxygen atoms in total. The SMILES string of the molecule is CC(O)c1ccccc1OCc1cn(C2CCNCC2)nn1. The summed E-state index contributed by atoms with van der Waals surface area (Å²) in [6.45, 7) is 4.14. The van der Waals surface area contributed by atoms with Crippen molar-refractivity contribution in [2.24, 2.45) is 0 Å². The first kappa shape index (κ1) is 15.0. The highest BCUT2D eigenvalue weighted by molar-refractivity contribution is 5.34. The summed E-state index contributed by atoms with van der Waals surface area (Å²) in [7, 11) is 0. The zero-order chi connectivity index (χ0) is 15.4. The minimum atomic E-state index is -0.554. The van der Waals surface area contributed by atoms with Gasteiger partial charge in [-0.3, -0.25) is 0 Å². The normalized spacial score (nSPS) is 17.4. The van der Waals surface area contributed by atoms with Gasteiger partial charge < -0.3 is 15.2 Å². The van der Waals surface area contributed by atoms with E-state index in [1.807, 2.05) is 35.1 Å². The first-order valence-electron chi connectivity index (χ1n) is 7.75. The van der Waals surface area contributed by atoms with Crippen LogP contribution in [0.2, 0.25) is 0 Å². The van der Waals surface area contributed by atoms with Crippen molar-refractivity contribution in [1.29, 1.82) is 0 Å². The van der Waals surface area contributed by atoms with Crippen LogP contribution in [0.5, 0.6) is 5.75 Å². The number of aliphatic hydroxyl groups is 1. The Bertz CT molecular complexity index is 606. The molecule has 2 aromatic rings. The summed E-state index contributed by atoms with van der Waals surface area (Å²) >= 11 is 0. The molecule has 2 heterocycles. The zero-order valence-electron chi connectivity index (χ0n) is 12.8. The number of hydrogen-bond donors (Lipinski definition) is 2. The molecule has 1 fully saturated rings. The minimum absolute atomic E-state index is 0.356. The van der Waals surface area contributed by atoms with Crippen LogP contribution in [0, 0.1) is 0 Å². The predicted molar refractivity (Wildman–Crippen MR) is 82.6 cm³/mol. The van der Waals surface area contributed by atoms with Crippen LogP contribution in [-0.4, -0.2) is 33.2 Å². The van der Waals surface area contributed by atoms with Gasteiger partial charge >= 0.3 is 0 Å². The summed E-state index contributed by atoms with van der Waals surface area (Å²) < 4.78 is 7.74. The molecule has 0 spiro atoms. The van der Waals surface area contributed by atoms with Gasteiger partial charge in [0.25, 0.3) is 0 Å². The van der Waals surface area contributed by atoms with Gasteiger partial charge in [-0.25, -0.2) is 4.68 Å². The third-order valence-corrected chi connectivity index (χ3v) is 3.99. The Morgan fingerprint density at radius 3 is 2.91 bits per heavy atom. The smallest absolute Gasteiger partial charge is 0.134 e. The monoisotopic (exact) mass is 302 g/mol. The van der Waals surface area contributed by atoms with Gasteiger partial charge in [0.1, 0.15) is 18.1 Å². The van der Waals surface area contributed by atoms with Crippen LogP contribution in [0.4, 0.5) is 0 Å². The topological polar surface area (TPSA) is 72.2 Å². The van der Waals surface area contributed by atoms with E-state index in [1.54, 1.807) is 6.92 Å². The summed E-state index contributed by atoms with van der Waals surface area (Å²) in [5.74, 6) is 0.689. The molecule has 1 aromatic carbocycles. The molecule has 22 heavy (non-hydrogen) atoms. The maximum absolute atomic E-state index is 9.76. The maximum atomic E-state index is 9.76. The first-order chi connectivity index (χ1) is 10.7. The van der Waals surface area contributed by atoms with Crippen molar-refractivity contribution >= 4 is 0 Å². The van der Waals surface area contributed by atoms with Crippen molar-refractivity contribution in [2.45, 2.75) is 38.5 Å². The average Bonchev–Trinajstić information content (AvgIpc) is 3.03. The van der Waals surface area contributed by atoms with Crippen LogP contribution in [0.25, 0.3) is 0 Å². The molecule has 6 heteroatoms. The third kappa shape index (κ3) is 3.45. The molecule has 118 valence electrons. The molecule has 1 saturated heterocycles. The van der Waals surface area contributed by atoms with Gasteiger partial charge in [0.15, 0.2) is 0 Å². The number of ether oxygens (including phenoxy) is 1. The predicted octanol–water partition coefficient (Wildman–Crippen LogP) is 1.83. The number of nitrogens with zero attached hydrogens (tertiary/aromatic N) is 3. The molecule has 2 N–H and O–H groups in total. The lowest BCUT2D eigenvalue weighted by molar-refractivity contribution is 0.190. The van der Waals surface area contributed by atoms with E-state index in [1.165, 1.54) is 0 Å². The van der Waals surface area contributed by atoms with Gasteiger partial charge in [0.2, 0.25) is 0 Å². The summed E-state index contributed by atoms with van der Waals surface area (Å²) in [5, 5.41) is 21.5. The van der Waals surface area contributed by atoms with Crippen LogP contribution in [-0.2, 0) is 6.61 Å². The van der Waals surface area contributed by atoms with Crippen molar-refractivity contribution in [1.82, 2.24) is 20.3 Å². The van der Waals surface area contributed by atoms with Crippen LogP contribution in [0.15, 0.2) is 30.5 Å². The number of para-hydroxylation sites is 1. The van der Waals surface area contributed by atoms with Crippen molar-refractivity contribution in [3.63, 3.8) is 0 Å². The first-order valence-corrected chi connectivity index (χ1v) is 7.75. The summed E-state index contributed by atoms with van der Waals surface area (Å²) in [4.78, 5) is 0. The van der Waals surface area contributed by atoms with Crippen molar-refractivity contribution < 1.29 is 9.84 Å². The maximum Gasteiger partial charge on any atom is 0.134 e. The second-order valence-electron chi connectivity index (χ2n) is 5.67. The number of rotatable bonds is 5. The van der Waals surface area contributed by atoms with E-state index in [0.717, 1.165) is 37.2 Å². The highest BCUT2D eigenvalue weighted by atomic mass is 16.5. The number of nitrogens with one attached hydrogen (secondary N) is 1. The molecule has 3 rings (SSSR count). The fourth-order valence-electron chi connectivity index (χ4n) is 2.74. The number of piperidine rings is 1. The van der Waals surface area contributed by atoms with Gasteiger partial charge in [-0.1, -0.05) is 23.4 Å². The van der Waals surface area contributed by atoms with E-state index < -0.39 is 6.10 Å². The van der Waals surface area contributed by atoms with E-state index in [9.17, 15) is 5.11 Å². The van der Waals surface area contributed by atoms with E-state index in [-0.39, 0.29) is 0 Å². The number of benzene rings is 1. The van der Waals surface area contributed by atoms with Crippen LogP contribution < -0.4 is 10.1 Å². The molecule has 0 bridgehead atoms. The zero-order valence-corrected chi connectivity index (χ0v) is 12.8. The number of hydrogen-bond acceptors (Lipinski definition) is 5. The van der Waals surface area contributed by atoms with Gasteiger partial charge in [-0.15, -0.1) is 5.10 Å². The average molecular weight is 302 g/mol. The lowest BCUT2D eigenvalue weighted by Gasteiger charge is -2.22. The van der Waals surface area contributed by atoms with E-state index in [0.29, 0.717) is 18.4 Å². The molecule has 1 aromatic heterocycles. The van der Waals surface area contributed by atoms with E-state index >= 15 is 0 Å². The van der Waals surface area contributed by atoms with E-state index in [4.69, 9.17) is 4.74 Å². The lowest BCUT2D eigenvalue weighted by atomic mass is 10.1. The molecule has 1 atom stereocenters. The molecule has 0 aliphatic carbocycles. The molecular weight excluding hydrogens is 280 g/mol. The Balaban J connectivity index is 1.63. The summed E-state index contributed by atoms with van der Waals surface area (Å²) in [6, 6.07) is 7.94. The fraction of sp³-hybridized carbons (Fsp3) is 0.500. The Morgan fingerprint density at radius 1 is 1.36 bits per heavy atom. The van der Waals surface area contributed by atoms with E-state index in [2.05, 4.69) is 15.6 Å². The second-order valence-corrected chi connectivity index (χ2v) is 5.67. The minimum Gasteiger partial charge on any atom is -0.487 e. The molecule has 0 amide bonds. The Hall–Kier alpha value is -1.92. The Kier molecular flexibility index (Phi) is 4.70. The second kappa shape index (κ2) is 6.89. The molecule has 1 unspecified atom stereocenters. The highest BCUT2D eigenvalue weighted by Gasteiger charge is 2.16. The Labute approximate surface area is 130 Å². The van der Waals surface area contributed by atoms with Crippen molar-refractivity contribution in [2.75, 3.05) is 13.1 Å². The summed E-state index contributed by atoms with van der Waals surface area (Å²) in [5.41, 5.74) is 1.59. The third-order valence-electron chi connectivity index (χ3n) is 3.99. The van der Waals surface area contributed by atoms with Crippen LogP contribution in [0.1, 0.15) is 43.2 Å². The highest BCUT2D eigenvalue weighted by Crippen LogP contribution is 2.25.